The van der Waals surface area contributed by atoms with Crippen molar-refractivity contribution in [2.75, 3.05) is 7.11 Å². The van der Waals surface area contributed by atoms with Gasteiger partial charge in [-0.3, -0.25) is 4.90 Å². The molecule has 2 fully saturated rings. The summed E-state index contributed by atoms with van der Waals surface area (Å²) in [5.74, 6) is 0.350. The number of halogens is 1. The molecule has 1 N–H and O–H groups in total. The summed E-state index contributed by atoms with van der Waals surface area (Å²) in [7, 11) is 1.54. The first-order valence-corrected chi connectivity index (χ1v) is 6.93. The van der Waals surface area contributed by atoms with E-state index in [1.807, 2.05) is 0 Å². The Hall–Kier alpha value is -1.13. The van der Waals surface area contributed by atoms with E-state index in [-0.39, 0.29) is 11.9 Å². The molecule has 2 bridgehead atoms. The van der Waals surface area contributed by atoms with Crippen molar-refractivity contribution in [2.45, 2.75) is 50.4 Å². The average molecular weight is 265 g/mol. The molecule has 2 aliphatic rings. The van der Waals surface area contributed by atoms with Crippen LogP contribution < -0.4 is 4.74 Å². The van der Waals surface area contributed by atoms with Gasteiger partial charge in [-0.05, 0) is 31.7 Å². The molecular formula is C15H20FNO2. The molecule has 2 unspecified atom stereocenters. The molecule has 3 rings (SSSR count). The minimum atomic E-state index is -0.204. The number of fused-ring (bicyclic) bond motifs is 2. The van der Waals surface area contributed by atoms with Gasteiger partial charge in [0.1, 0.15) is 11.6 Å². The minimum Gasteiger partial charge on any atom is -0.497 e. The molecule has 0 aromatic heterocycles. The maximum absolute atomic E-state index is 14.0. The van der Waals surface area contributed by atoms with Crippen LogP contribution in [-0.2, 0) is 6.54 Å². The molecule has 4 heteroatoms. The highest BCUT2D eigenvalue weighted by atomic mass is 19.1. The van der Waals surface area contributed by atoms with Crippen LogP contribution >= 0.6 is 0 Å². The van der Waals surface area contributed by atoms with E-state index in [2.05, 4.69) is 4.90 Å². The van der Waals surface area contributed by atoms with Crippen LogP contribution in [0.1, 0.15) is 31.2 Å². The van der Waals surface area contributed by atoms with Gasteiger partial charge in [0.25, 0.3) is 0 Å². The van der Waals surface area contributed by atoms with Gasteiger partial charge in [0.15, 0.2) is 0 Å². The number of methoxy groups -OCH3 is 1. The summed E-state index contributed by atoms with van der Waals surface area (Å²) >= 11 is 0. The van der Waals surface area contributed by atoms with Gasteiger partial charge in [0, 0.05) is 30.3 Å². The third-order valence-electron chi connectivity index (χ3n) is 4.47. The summed E-state index contributed by atoms with van der Waals surface area (Å²) < 4.78 is 19.0. The Bertz CT molecular complexity index is 451. The van der Waals surface area contributed by atoms with Crippen molar-refractivity contribution in [3.8, 4) is 5.75 Å². The monoisotopic (exact) mass is 265 g/mol. The minimum absolute atomic E-state index is 0.172. The van der Waals surface area contributed by atoms with Gasteiger partial charge in [-0.15, -0.1) is 0 Å². The number of benzene rings is 1. The zero-order chi connectivity index (χ0) is 13.4. The molecule has 3 nitrogen and oxygen atoms in total. The SMILES string of the molecule is COc1ccc(CN2C3CCC2CC(O)C3)c(F)c1. The second kappa shape index (κ2) is 5.10. The third kappa shape index (κ3) is 2.47. The van der Waals surface area contributed by atoms with E-state index in [1.54, 1.807) is 19.2 Å². The van der Waals surface area contributed by atoms with Crippen molar-refractivity contribution in [3.63, 3.8) is 0 Å². The first-order chi connectivity index (χ1) is 9.17. The quantitative estimate of drug-likeness (QED) is 0.910. The van der Waals surface area contributed by atoms with E-state index >= 15 is 0 Å². The van der Waals surface area contributed by atoms with Crippen LogP contribution in [0.3, 0.4) is 0 Å². The van der Waals surface area contributed by atoms with Gasteiger partial charge < -0.3 is 9.84 Å². The van der Waals surface area contributed by atoms with Crippen LogP contribution in [0.4, 0.5) is 4.39 Å². The van der Waals surface area contributed by atoms with Crippen LogP contribution in [0.5, 0.6) is 5.75 Å². The van der Waals surface area contributed by atoms with E-state index in [9.17, 15) is 9.50 Å². The molecule has 104 valence electrons. The van der Waals surface area contributed by atoms with Crippen LogP contribution in [0.25, 0.3) is 0 Å². The number of hydrogen-bond acceptors (Lipinski definition) is 3. The molecule has 2 aliphatic heterocycles. The molecule has 0 saturated carbocycles. The first kappa shape index (κ1) is 12.9. The molecule has 0 spiro atoms. The van der Waals surface area contributed by atoms with Crippen molar-refractivity contribution in [1.82, 2.24) is 4.90 Å². The van der Waals surface area contributed by atoms with Crippen LogP contribution in [0.15, 0.2) is 18.2 Å². The summed E-state index contributed by atoms with van der Waals surface area (Å²) in [5, 5.41) is 9.78. The fraction of sp³-hybridized carbons (Fsp3) is 0.600. The lowest BCUT2D eigenvalue weighted by Gasteiger charge is -2.37. The van der Waals surface area contributed by atoms with Crippen LogP contribution in [0, 0.1) is 5.82 Å². The Labute approximate surface area is 113 Å². The Kier molecular flexibility index (Phi) is 3.46. The highest BCUT2D eigenvalue weighted by Gasteiger charge is 2.40. The van der Waals surface area contributed by atoms with Crippen molar-refractivity contribution >= 4 is 0 Å². The summed E-state index contributed by atoms with van der Waals surface area (Å²) in [5.41, 5.74) is 0.717. The molecule has 0 amide bonds. The van der Waals surface area contributed by atoms with Crippen molar-refractivity contribution in [3.05, 3.63) is 29.6 Å². The van der Waals surface area contributed by atoms with Gasteiger partial charge in [-0.2, -0.15) is 0 Å². The number of hydrogen-bond donors (Lipinski definition) is 1. The van der Waals surface area contributed by atoms with Crippen LogP contribution in [-0.4, -0.2) is 35.3 Å². The summed E-state index contributed by atoms with van der Waals surface area (Å²) in [6.45, 7) is 0.637. The molecule has 1 aromatic rings. The van der Waals surface area contributed by atoms with Gasteiger partial charge >= 0.3 is 0 Å². The third-order valence-corrected chi connectivity index (χ3v) is 4.47. The zero-order valence-electron chi connectivity index (χ0n) is 11.2. The second-order valence-corrected chi connectivity index (χ2v) is 5.64. The molecule has 1 aromatic carbocycles. The van der Waals surface area contributed by atoms with E-state index in [1.165, 1.54) is 6.07 Å². The van der Waals surface area contributed by atoms with E-state index < -0.39 is 0 Å². The summed E-state index contributed by atoms with van der Waals surface area (Å²) in [4.78, 5) is 2.36. The fourth-order valence-corrected chi connectivity index (χ4v) is 3.48. The predicted molar refractivity (Wildman–Crippen MR) is 70.5 cm³/mol. The number of rotatable bonds is 3. The fourth-order valence-electron chi connectivity index (χ4n) is 3.48. The average Bonchev–Trinajstić information content (AvgIpc) is 2.63. The molecule has 2 heterocycles. The maximum atomic E-state index is 14.0. The Morgan fingerprint density at radius 2 is 2.00 bits per heavy atom. The smallest absolute Gasteiger partial charge is 0.131 e. The first-order valence-electron chi connectivity index (χ1n) is 6.93. The van der Waals surface area contributed by atoms with Gasteiger partial charge in [0.2, 0.25) is 0 Å². The Morgan fingerprint density at radius 1 is 1.32 bits per heavy atom. The highest BCUT2D eigenvalue weighted by Crippen LogP contribution is 2.37. The molecule has 2 saturated heterocycles. The molecular weight excluding hydrogens is 245 g/mol. The van der Waals surface area contributed by atoms with Crippen molar-refractivity contribution in [2.24, 2.45) is 0 Å². The van der Waals surface area contributed by atoms with Crippen LogP contribution in [0.2, 0.25) is 0 Å². The Morgan fingerprint density at radius 3 is 2.58 bits per heavy atom. The molecule has 0 radical (unpaired) electrons. The number of aliphatic hydroxyl groups excluding tert-OH is 1. The highest BCUT2D eigenvalue weighted by molar-refractivity contribution is 5.29. The largest absolute Gasteiger partial charge is 0.497 e. The summed E-state index contributed by atoms with van der Waals surface area (Å²) in [6, 6.07) is 5.87. The van der Waals surface area contributed by atoms with Gasteiger partial charge in [-0.25, -0.2) is 4.39 Å². The second-order valence-electron chi connectivity index (χ2n) is 5.64. The zero-order valence-corrected chi connectivity index (χ0v) is 11.2. The topological polar surface area (TPSA) is 32.7 Å². The number of ether oxygens (including phenoxy) is 1. The lowest BCUT2D eigenvalue weighted by molar-refractivity contribution is 0.0305. The number of nitrogens with zero attached hydrogens (tertiary/aromatic N) is 1. The summed E-state index contributed by atoms with van der Waals surface area (Å²) in [6.07, 6.45) is 3.73. The number of aliphatic hydroxyl groups is 1. The molecule has 0 aliphatic carbocycles. The standard InChI is InChI=1S/C15H20FNO2/c1-19-14-5-2-10(15(16)8-14)9-17-11-3-4-12(17)7-13(18)6-11/h2,5,8,11-13,18H,3-4,6-7,9H2,1H3. The predicted octanol–water partition coefficient (Wildman–Crippen LogP) is 2.32. The van der Waals surface area contributed by atoms with Crippen molar-refractivity contribution in [1.29, 1.82) is 0 Å². The molecule has 19 heavy (non-hydrogen) atoms. The maximum Gasteiger partial charge on any atom is 0.131 e. The van der Waals surface area contributed by atoms with E-state index in [0.29, 0.717) is 29.9 Å². The number of piperidine rings is 1. The lowest BCUT2D eigenvalue weighted by Crippen LogP contribution is -2.44. The normalized spacial score (nSPS) is 30.6. The van der Waals surface area contributed by atoms with Crippen molar-refractivity contribution < 1.29 is 14.2 Å². The van der Waals surface area contributed by atoms with Gasteiger partial charge in [0.05, 0.1) is 13.2 Å². The van der Waals surface area contributed by atoms with E-state index in [4.69, 9.17) is 4.74 Å². The van der Waals surface area contributed by atoms with E-state index in [0.717, 1.165) is 25.7 Å². The van der Waals surface area contributed by atoms with Gasteiger partial charge in [-0.1, -0.05) is 6.07 Å². The molecule has 2 atom stereocenters. The Balaban J connectivity index is 1.75. The lowest BCUT2D eigenvalue weighted by atomic mass is 9.99.